The SMILES string of the molecule is COc1ccc(C[C@H]2C(=O)N[C@@H](C)C(=O)N(C)[C@H]3Cc4ccc(cc4)Oc4cc(ccc4O[C@@H](CO)[C@H](O)c4ccc(C)c(OC)c4)C[C@@H](C(=O)N[C@H](C)C(=O)N[C@@H](C)C(=O)N2C)N(C)C3=O)cc1. The highest BCUT2D eigenvalue weighted by atomic mass is 16.5. The van der Waals surface area contributed by atoms with Crippen LogP contribution in [0.2, 0.25) is 0 Å². The Hall–Kier alpha value is -7.18. The maximum absolute atomic E-state index is 14.9. The minimum atomic E-state index is -1.29. The molecule has 1 saturated heterocycles. The summed E-state index contributed by atoms with van der Waals surface area (Å²) in [5.41, 5.74) is 3.09. The summed E-state index contributed by atoms with van der Waals surface area (Å²) in [6, 6.07) is 16.5. The summed E-state index contributed by atoms with van der Waals surface area (Å²) in [4.78, 5) is 89.4. The van der Waals surface area contributed by atoms with E-state index in [0.29, 0.717) is 39.5 Å². The van der Waals surface area contributed by atoms with Crippen molar-refractivity contribution in [2.75, 3.05) is 42.0 Å². The molecule has 0 aromatic heterocycles. The average Bonchev–Trinajstić information content (AvgIpc) is 3.34. The Labute approximate surface area is 401 Å². The van der Waals surface area contributed by atoms with Gasteiger partial charge < -0.3 is 59.8 Å². The Morgan fingerprint density at radius 2 is 1.25 bits per heavy atom. The van der Waals surface area contributed by atoms with Crippen LogP contribution in [-0.2, 0) is 48.0 Å². The molecule has 0 saturated carbocycles. The second kappa shape index (κ2) is 22.3. The van der Waals surface area contributed by atoms with Crippen LogP contribution >= 0.6 is 0 Å². The van der Waals surface area contributed by atoms with Gasteiger partial charge in [-0.15, -0.1) is 0 Å². The number of amides is 6. The molecule has 3 aliphatic rings. The highest BCUT2D eigenvalue weighted by Gasteiger charge is 2.39. The molecule has 0 aliphatic carbocycles. The Kier molecular flexibility index (Phi) is 16.5. The highest BCUT2D eigenvalue weighted by molar-refractivity contribution is 5.98. The number of hydrogen-bond acceptors (Lipinski definition) is 12. The first-order valence-electron chi connectivity index (χ1n) is 22.7. The minimum Gasteiger partial charge on any atom is -0.497 e. The van der Waals surface area contributed by atoms with Crippen molar-refractivity contribution < 1.29 is 57.9 Å². The van der Waals surface area contributed by atoms with E-state index in [1.54, 1.807) is 84.9 Å². The van der Waals surface area contributed by atoms with E-state index in [2.05, 4.69) is 16.0 Å². The van der Waals surface area contributed by atoms with Gasteiger partial charge in [0.15, 0.2) is 17.6 Å². The second-order valence-electron chi connectivity index (χ2n) is 17.6. The van der Waals surface area contributed by atoms with Crippen LogP contribution in [0, 0.1) is 6.92 Å². The third kappa shape index (κ3) is 11.9. The van der Waals surface area contributed by atoms with Crippen LogP contribution in [0.25, 0.3) is 0 Å². The molecule has 4 aromatic rings. The summed E-state index contributed by atoms with van der Waals surface area (Å²) >= 11 is 0. The van der Waals surface area contributed by atoms with E-state index in [0.717, 1.165) is 5.56 Å². The molecule has 7 rings (SSSR count). The number of ether oxygens (including phenoxy) is 4. The van der Waals surface area contributed by atoms with E-state index < -0.39 is 90.5 Å². The average molecular weight is 951 g/mol. The zero-order valence-corrected chi connectivity index (χ0v) is 40.3. The maximum atomic E-state index is 14.9. The number of hydrogen-bond donors (Lipinski definition) is 5. The Morgan fingerprint density at radius 3 is 1.88 bits per heavy atom. The zero-order valence-electron chi connectivity index (χ0n) is 40.3. The summed E-state index contributed by atoms with van der Waals surface area (Å²) < 4.78 is 23.4. The first-order chi connectivity index (χ1) is 32.8. The van der Waals surface area contributed by atoms with Gasteiger partial charge in [0.1, 0.15) is 59.6 Å². The number of carbonyl (C=O) groups is 6. The van der Waals surface area contributed by atoms with Gasteiger partial charge in [0, 0.05) is 40.4 Å². The van der Waals surface area contributed by atoms with E-state index in [1.807, 2.05) is 6.92 Å². The second-order valence-corrected chi connectivity index (χ2v) is 17.6. The normalized spacial score (nSPS) is 22.9. The summed E-state index contributed by atoms with van der Waals surface area (Å²) in [5, 5.41) is 30.0. The van der Waals surface area contributed by atoms with E-state index in [1.165, 1.54) is 70.8 Å². The predicted octanol–water partition coefficient (Wildman–Crippen LogP) is 2.63. The summed E-state index contributed by atoms with van der Waals surface area (Å²) in [6.45, 7) is 5.67. The predicted molar refractivity (Wildman–Crippen MR) is 254 cm³/mol. The van der Waals surface area contributed by atoms with Crippen molar-refractivity contribution in [3.8, 4) is 28.7 Å². The van der Waals surface area contributed by atoms with Gasteiger partial charge in [-0.1, -0.05) is 42.5 Å². The van der Waals surface area contributed by atoms with E-state index in [-0.39, 0.29) is 30.8 Å². The molecular formula is C51H62N6O12. The fraction of sp³-hybridized carbons (Fsp3) is 0.412. The number of fused-ring (bicyclic) bond motifs is 2. The molecule has 4 aromatic carbocycles. The van der Waals surface area contributed by atoms with Gasteiger partial charge in [-0.05, 0) is 98.0 Å². The third-order valence-electron chi connectivity index (χ3n) is 12.7. The molecule has 18 nitrogen and oxygen atoms in total. The summed E-state index contributed by atoms with van der Waals surface area (Å²) in [7, 11) is 7.36. The first kappa shape index (κ1) is 51.2. The number of rotatable bonds is 9. The minimum absolute atomic E-state index is 0.0196. The number of carbonyl (C=O) groups excluding carboxylic acids is 6. The fourth-order valence-corrected chi connectivity index (χ4v) is 8.36. The van der Waals surface area contributed by atoms with Crippen LogP contribution in [0.4, 0.5) is 0 Å². The Bertz CT molecular complexity index is 2520. The van der Waals surface area contributed by atoms with Crippen molar-refractivity contribution in [2.24, 2.45) is 0 Å². The number of nitrogens with one attached hydrogen (secondary N) is 3. The standard InChI is InChI=1S/C51H62N6O12/c1-28-10-16-35(26-42(28)67-9)45(59)44(27-58)69-41-21-15-34-24-39-47(61)52-29(2)46(60)53-30(3)49(63)55(5)38(22-32-11-17-36(66-8)18-12-32)48(62)54-31(4)50(64)57(7)40(51(65)56(39)6)23-33-13-19-37(20-14-33)68-43(41)25-34/h10-21,25-26,29-31,38-40,44-45,58-59H,22-24,27H2,1-9H3,(H,52,61)(H,53,60)(H,54,62)/t29-,30+,31+,38+,39+,40+,44+,45-/m1/s1. The number of likely N-dealkylation sites (N-methyl/N-ethyl adjacent to an activating group) is 3. The molecule has 6 amide bonds. The number of aliphatic hydroxyl groups excluding tert-OH is 2. The van der Waals surface area contributed by atoms with Gasteiger partial charge in [-0.25, -0.2) is 0 Å². The lowest BCUT2D eigenvalue weighted by Gasteiger charge is -2.36. The quantitative estimate of drug-likeness (QED) is 0.163. The molecule has 0 spiro atoms. The van der Waals surface area contributed by atoms with Gasteiger partial charge in [-0.3, -0.25) is 28.8 Å². The molecule has 368 valence electrons. The topological polar surface area (TPSA) is 226 Å². The molecule has 18 heteroatoms. The smallest absolute Gasteiger partial charge is 0.246 e. The fourth-order valence-electron chi connectivity index (χ4n) is 8.36. The molecule has 1 fully saturated rings. The van der Waals surface area contributed by atoms with Gasteiger partial charge in [0.05, 0.1) is 20.8 Å². The first-order valence-corrected chi connectivity index (χ1v) is 22.7. The lowest BCUT2D eigenvalue weighted by Crippen LogP contribution is -2.61. The summed E-state index contributed by atoms with van der Waals surface area (Å²) in [6.07, 6.45) is -2.55. The molecule has 0 radical (unpaired) electrons. The van der Waals surface area contributed by atoms with E-state index in [9.17, 15) is 39.0 Å². The monoisotopic (exact) mass is 950 g/mol. The number of nitrogens with zero attached hydrogens (tertiary/aromatic N) is 3. The van der Waals surface area contributed by atoms with Crippen LogP contribution in [0.1, 0.15) is 54.7 Å². The largest absolute Gasteiger partial charge is 0.497 e. The lowest BCUT2D eigenvalue weighted by atomic mass is 9.98. The van der Waals surface area contributed by atoms with Crippen LogP contribution in [0.3, 0.4) is 0 Å². The molecule has 6 bridgehead atoms. The third-order valence-corrected chi connectivity index (χ3v) is 12.7. The van der Waals surface area contributed by atoms with Gasteiger partial charge in [0.2, 0.25) is 35.4 Å². The Balaban J connectivity index is 1.38. The highest BCUT2D eigenvalue weighted by Crippen LogP contribution is 2.37. The van der Waals surface area contributed by atoms with Crippen molar-refractivity contribution in [2.45, 2.75) is 95.4 Å². The van der Waals surface area contributed by atoms with Crippen molar-refractivity contribution in [3.05, 3.63) is 113 Å². The van der Waals surface area contributed by atoms with Gasteiger partial charge in [-0.2, -0.15) is 0 Å². The van der Waals surface area contributed by atoms with E-state index in [4.69, 9.17) is 18.9 Å². The van der Waals surface area contributed by atoms with Gasteiger partial charge >= 0.3 is 0 Å². The van der Waals surface area contributed by atoms with Gasteiger partial charge in [0.25, 0.3) is 0 Å². The van der Waals surface area contributed by atoms with Crippen molar-refractivity contribution >= 4 is 35.4 Å². The maximum Gasteiger partial charge on any atom is 0.246 e. The molecule has 69 heavy (non-hydrogen) atoms. The Morgan fingerprint density at radius 1 is 0.652 bits per heavy atom. The zero-order chi connectivity index (χ0) is 50.3. The van der Waals surface area contributed by atoms with Crippen molar-refractivity contribution in [1.29, 1.82) is 0 Å². The molecule has 3 heterocycles. The number of benzene rings is 4. The van der Waals surface area contributed by atoms with Crippen LogP contribution in [0.15, 0.2) is 84.9 Å². The molecular weight excluding hydrogens is 889 g/mol. The molecule has 8 atom stereocenters. The summed E-state index contributed by atoms with van der Waals surface area (Å²) in [5.74, 6) is -2.07. The van der Waals surface area contributed by atoms with Crippen LogP contribution < -0.4 is 34.9 Å². The number of aliphatic hydroxyl groups is 2. The van der Waals surface area contributed by atoms with Crippen molar-refractivity contribution in [3.63, 3.8) is 0 Å². The molecule has 5 N–H and O–H groups in total. The van der Waals surface area contributed by atoms with Crippen LogP contribution in [0.5, 0.6) is 28.7 Å². The molecule has 3 aliphatic heterocycles. The lowest BCUT2D eigenvalue weighted by molar-refractivity contribution is -0.149. The number of methoxy groups -OCH3 is 2. The van der Waals surface area contributed by atoms with E-state index >= 15 is 0 Å². The molecule has 0 unspecified atom stereocenters. The van der Waals surface area contributed by atoms with Crippen LogP contribution in [-0.4, -0.2) is 145 Å². The van der Waals surface area contributed by atoms with Crippen molar-refractivity contribution in [1.82, 2.24) is 30.7 Å². The number of aryl methyl sites for hydroxylation is 1.